The van der Waals surface area contributed by atoms with Gasteiger partial charge in [-0.05, 0) is 43.2 Å². The number of ether oxygens (including phenoxy) is 1. The van der Waals surface area contributed by atoms with Gasteiger partial charge in [0, 0.05) is 28.9 Å². The number of carbonyl (C=O) groups excluding carboxylic acids is 2. The van der Waals surface area contributed by atoms with E-state index < -0.39 is 22.9 Å². The van der Waals surface area contributed by atoms with E-state index >= 15 is 0 Å². The quantitative estimate of drug-likeness (QED) is 0.347. The van der Waals surface area contributed by atoms with Gasteiger partial charge in [-0.25, -0.2) is 4.79 Å². The Bertz CT molecular complexity index is 911. The van der Waals surface area contributed by atoms with Crippen molar-refractivity contribution in [3.8, 4) is 0 Å². The zero-order valence-corrected chi connectivity index (χ0v) is 15.4. The van der Waals surface area contributed by atoms with Gasteiger partial charge in [0.2, 0.25) is 0 Å². The molecule has 0 aliphatic carbocycles. The molecule has 2 rings (SSSR count). The van der Waals surface area contributed by atoms with Crippen LogP contribution in [0.3, 0.4) is 0 Å². The number of nitrogens with zero attached hydrogens (tertiary/aromatic N) is 1. The second-order valence-electron chi connectivity index (χ2n) is 5.71. The molecule has 0 aromatic heterocycles. The number of halogens is 1. The number of hydrogen-bond donors (Lipinski definition) is 1. The first-order valence-corrected chi connectivity index (χ1v) is 8.34. The van der Waals surface area contributed by atoms with Gasteiger partial charge in [-0.3, -0.25) is 14.9 Å². The third-order valence-electron chi connectivity index (χ3n) is 3.61. The van der Waals surface area contributed by atoms with Gasteiger partial charge in [0.15, 0.2) is 6.10 Å². The van der Waals surface area contributed by atoms with Crippen molar-refractivity contribution in [1.82, 2.24) is 0 Å². The summed E-state index contributed by atoms with van der Waals surface area (Å²) in [6.45, 7) is 3.25. The Morgan fingerprint density at radius 3 is 2.70 bits per heavy atom. The summed E-state index contributed by atoms with van der Waals surface area (Å²) < 4.78 is 5.05. The van der Waals surface area contributed by atoms with Gasteiger partial charge in [-0.1, -0.05) is 29.8 Å². The molecular weight excluding hydrogens is 372 g/mol. The number of anilines is 1. The van der Waals surface area contributed by atoms with Gasteiger partial charge in [-0.15, -0.1) is 0 Å². The number of esters is 1. The number of carbonyl (C=O) groups is 2. The first-order chi connectivity index (χ1) is 12.8. The van der Waals surface area contributed by atoms with E-state index in [2.05, 4.69) is 5.32 Å². The molecule has 1 atom stereocenters. The summed E-state index contributed by atoms with van der Waals surface area (Å²) in [5.41, 5.74) is 1.72. The largest absolute Gasteiger partial charge is 0.449 e. The van der Waals surface area contributed by atoms with E-state index in [0.717, 1.165) is 11.6 Å². The maximum Gasteiger partial charge on any atom is 0.331 e. The maximum atomic E-state index is 12.2. The predicted molar refractivity (Wildman–Crippen MR) is 103 cm³/mol. The summed E-state index contributed by atoms with van der Waals surface area (Å²) in [5.74, 6) is -1.25. The van der Waals surface area contributed by atoms with Crippen LogP contribution in [-0.2, 0) is 14.3 Å². The van der Waals surface area contributed by atoms with Crippen molar-refractivity contribution in [2.24, 2.45) is 0 Å². The number of rotatable bonds is 6. The number of nitrogens with one attached hydrogen (secondary N) is 1. The molecule has 1 N–H and O–H groups in total. The lowest BCUT2D eigenvalue weighted by Gasteiger charge is -2.14. The average molecular weight is 389 g/mol. The molecular formula is C19H17ClN2O5. The Morgan fingerprint density at radius 1 is 1.26 bits per heavy atom. The zero-order valence-electron chi connectivity index (χ0n) is 14.6. The van der Waals surface area contributed by atoms with E-state index in [1.807, 2.05) is 6.92 Å². The number of hydrogen-bond acceptors (Lipinski definition) is 5. The Hall–Kier alpha value is -3.19. The standard InChI is InChI=1S/C19H17ClN2O5/c1-12-6-8-15(20)11-17(12)21-19(24)13(2)27-18(23)9-7-14-4-3-5-16(10-14)22(25)26/h3-11,13H,1-2H3,(H,21,24)/b9-7+/t13-/m1/s1. The van der Waals surface area contributed by atoms with Crippen molar-refractivity contribution in [2.75, 3.05) is 5.32 Å². The van der Waals surface area contributed by atoms with E-state index in [4.69, 9.17) is 16.3 Å². The van der Waals surface area contributed by atoms with E-state index in [0.29, 0.717) is 16.3 Å². The molecule has 0 unspecified atom stereocenters. The van der Waals surface area contributed by atoms with Crippen LogP contribution in [0.4, 0.5) is 11.4 Å². The fourth-order valence-corrected chi connectivity index (χ4v) is 2.31. The van der Waals surface area contributed by atoms with Crippen LogP contribution in [0.15, 0.2) is 48.5 Å². The maximum absolute atomic E-state index is 12.2. The molecule has 0 saturated heterocycles. The van der Waals surface area contributed by atoms with Gasteiger partial charge in [0.25, 0.3) is 11.6 Å². The molecule has 1 amide bonds. The monoisotopic (exact) mass is 388 g/mol. The lowest BCUT2D eigenvalue weighted by molar-refractivity contribution is -0.384. The number of amides is 1. The molecule has 0 bridgehead atoms. The zero-order chi connectivity index (χ0) is 20.0. The van der Waals surface area contributed by atoms with Crippen LogP contribution in [0, 0.1) is 17.0 Å². The lowest BCUT2D eigenvalue weighted by Crippen LogP contribution is -2.29. The van der Waals surface area contributed by atoms with Crippen molar-refractivity contribution in [2.45, 2.75) is 20.0 Å². The van der Waals surface area contributed by atoms with Crippen LogP contribution in [-0.4, -0.2) is 22.9 Å². The molecule has 0 aliphatic rings. The molecule has 0 radical (unpaired) electrons. The topological polar surface area (TPSA) is 98.5 Å². The van der Waals surface area contributed by atoms with Gasteiger partial charge in [0.1, 0.15) is 0 Å². The number of nitro benzene ring substituents is 1. The van der Waals surface area contributed by atoms with Crippen LogP contribution < -0.4 is 5.32 Å². The molecule has 0 heterocycles. The molecule has 27 heavy (non-hydrogen) atoms. The van der Waals surface area contributed by atoms with Gasteiger partial charge < -0.3 is 10.1 Å². The number of benzene rings is 2. The number of aryl methyl sites for hydroxylation is 1. The number of nitro groups is 1. The molecule has 8 heteroatoms. The van der Waals surface area contributed by atoms with Crippen LogP contribution in [0.25, 0.3) is 6.08 Å². The van der Waals surface area contributed by atoms with Gasteiger partial charge >= 0.3 is 5.97 Å². The molecule has 7 nitrogen and oxygen atoms in total. The highest BCUT2D eigenvalue weighted by molar-refractivity contribution is 6.31. The highest BCUT2D eigenvalue weighted by atomic mass is 35.5. The molecule has 0 aliphatic heterocycles. The van der Waals surface area contributed by atoms with E-state index in [1.54, 1.807) is 24.3 Å². The Balaban J connectivity index is 1.96. The minimum absolute atomic E-state index is 0.0878. The summed E-state index contributed by atoms with van der Waals surface area (Å²) in [4.78, 5) is 34.3. The highest BCUT2D eigenvalue weighted by Crippen LogP contribution is 2.20. The molecule has 2 aromatic rings. The number of non-ortho nitro benzene ring substituents is 1. The minimum atomic E-state index is -1.04. The van der Waals surface area contributed by atoms with Crippen LogP contribution in [0.5, 0.6) is 0 Å². The SMILES string of the molecule is Cc1ccc(Cl)cc1NC(=O)[C@@H](C)OC(=O)/C=C/c1cccc([N+](=O)[O-])c1. The summed E-state index contributed by atoms with van der Waals surface area (Å²) in [7, 11) is 0. The second kappa shape index (κ2) is 8.95. The van der Waals surface area contributed by atoms with Crippen molar-refractivity contribution >= 4 is 40.9 Å². The molecule has 0 fully saturated rings. The summed E-state index contributed by atoms with van der Waals surface area (Å²) in [6, 6.07) is 10.8. The summed E-state index contributed by atoms with van der Waals surface area (Å²) >= 11 is 5.91. The Kier molecular flexibility index (Phi) is 6.67. The predicted octanol–water partition coefficient (Wildman–Crippen LogP) is 4.14. The Labute approximate surface area is 160 Å². The third-order valence-corrected chi connectivity index (χ3v) is 3.85. The first-order valence-electron chi connectivity index (χ1n) is 7.96. The molecule has 0 spiro atoms. The summed E-state index contributed by atoms with van der Waals surface area (Å²) in [5, 5.41) is 13.9. The Morgan fingerprint density at radius 2 is 2.00 bits per heavy atom. The van der Waals surface area contributed by atoms with Crippen LogP contribution in [0.1, 0.15) is 18.1 Å². The molecule has 140 valence electrons. The van der Waals surface area contributed by atoms with Crippen LogP contribution >= 0.6 is 11.6 Å². The van der Waals surface area contributed by atoms with Crippen molar-refractivity contribution in [1.29, 1.82) is 0 Å². The highest BCUT2D eigenvalue weighted by Gasteiger charge is 2.17. The first kappa shape index (κ1) is 20.1. The molecule has 0 saturated carbocycles. The fourth-order valence-electron chi connectivity index (χ4n) is 2.14. The average Bonchev–Trinajstić information content (AvgIpc) is 2.63. The normalized spacial score (nSPS) is 11.8. The fraction of sp³-hybridized carbons (Fsp3) is 0.158. The van der Waals surface area contributed by atoms with Gasteiger partial charge in [-0.2, -0.15) is 0 Å². The third kappa shape index (κ3) is 5.93. The second-order valence-corrected chi connectivity index (χ2v) is 6.15. The van der Waals surface area contributed by atoms with E-state index in [-0.39, 0.29) is 5.69 Å². The van der Waals surface area contributed by atoms with Crippen molar-refractivity contribution in [3.05, 3.63) is 74.8 Å². The smallest absolute Gasteiger partial charge is 0.331 e. The van der Waals surface area contributed by atoms with Crippen LogP contribution in [0.2, 0.25) is 5.02 Å². The van der Waals surface area contributed by atoms with E-state index in [1.165, 1.54) is 31.2 Å². The van der Waals surface area contributed by atoms with Crippen molar-refractivity contribution in [3.63, 3.8) is 0 Å². The summed E-state index contributed by atoms with van der Waals surface area (Å²) in [6.07, 6.45) is 1.44. The van der Waals surface area contributed by atoms with Gasteiger partial charge in [0.05, 0.1) is 4.92 Å². The van der Waals surface area contributed by atoms with Crippen molar-refractivity contribution < 1.29 is 19.2 Å². The minimum Gasteiger partial charge on any atom is -0.449 e. The van der Waals surface area contributed by atoms with E-state index in [9.17, 15) is 19.7 Å². The lowest BCUT2D eigenvalue weighted by atomic mass is 10.2. The molecule has 2 aromatic carbocycles.